The first-order valence-corrected chi connectivity index (χ1v) is 8.91. The molecule has 0 atom stereocenters. The molecule has 1 saturated carbocycles. The van der Waals surface area contributed by atoms with E-state index < -0.39 is 0 Å². The Bertz CT molecular complexity index is 677. The van der Waals surface area contributed by atoms with Gasteiger partial charge in [0.2, 0.25) is 5.95 Å². The normalized spacial score (nSPS) is 19.9. The predicted octanol–water partition coefficient (Wildman–Crippen LogP) is 3.05. The molecule has 0 unspecified atom stereocenters. The monoisotopic (exact) mass is 324 g/mol. The minimum absolute atomic E-state index is 0.519. The largest absolute Gasteiger partial charge is 0.309 e. The van der Waals surface area contributed by atoms with Crippen LogP contribution in [-0.4, -0.2) is 44.0 Å². The number of aryl methyl sites for hydroxylation is 1. The van der Waals surface area contributed by atoms with Crippen LogP contribution in [0.2, 0.25) is 0 Å². The summed E-state index contributed by atoms with van der Waals surface area (Å²) in [6.07, 6.45) is 10.4. The molecule has 6 nitrogen and oxygen atoms in total. The maximum absolute atomic E-state index is 4.66. The van der Waals surface area contributed by atoms with E-state index in [0.29, 0.717) is 11.9 Å². The molecule has 0 spiro atoms. The molecule has 1 aliphatic carbocycles. The Balaban J connectivity index is 1.42. The van der Waals surface area contributed by atoms with Gasteiger partial charge in [-0.2, -0.15) is 0 Å². The molecule has 0 radical (unpaired) electrons. The highest BCUT2D eigenvalue weighted by atomic mass is 15.2. The highest BCUT2D eigenvalue weighted by Crippen LogP contribution is 2.33. The van der Waals surface area contributed by atoms with Gasteiger partial charge in [-0.15, -0.1) is 0 Å². The number of hydrogen-bond acceptors (Lipinski definition) is 6. The number of likely N-dealkylation sites (tertiary alicyclic amines) is 1. The molecule has 2 fully saturated rings. The van der Waals surface area contributed by atoms with Gasteiger partial charge in [-0.05, 0) is 25.8 Å². The van der Waals surface area contributed by atoms with Crippen LogP contribution < -0.4 is 5.32 Å². The fourth-order valence-corrected chi connectivity index (χ4v) is 3.79. The van der Waals surface area contributed by atoms with Gasteiger partial charge in [-0.1, -0.05) is 19.3 Å². The van der Waals surface area contributed by atoms with Crippen LogP contribution in [0.4, 0.5) is 11.8 Å². The predicted molar refractivity (Wildman–Crippen MR) is 93.3 cm³/mol. The minimum atomic E-state index is 0.519. The average Bonchev–Trinajstić information content (AvgIpc) is 2.55. The standard InChI is InChI=1S/C18H24N6/c1-13-21-16(10-17(22-13)23-18-19-8-5-9-20-18)14-11-24(12-14)15-6-3-2-4-7-15/h5,8-10,14-15H,2-4,6-7,11-12H2,1H3,(H,19,20,21,22,23). The van der Waals surface area contributed by atoms with E-state index in [2.05, 4.69) is 30.2 Å². The summed E-state index contributed by atoms with van der Waals surface area (Å²) in [5.41, 5.74) is 1.13. The second-order valence-electron chi connectivity index (χ2n) is 6.87. The summed E-state index contributed by atoms with van der Waals surface area (Å²) in [7, 11) is 0. The highest BCUT2D eigenvalue weighted by Gasteiger charge is 2.34. The fraction of sp³-hybridized carbons (Fsp3) is 0.556. The maximum Gasteiger partial charge on any atom is 0.228 e. The molecular weight excluding hydrogens is 300 g/mol. The van der Waals surface area contributed by atoms with E-state index in [0.717, 1.165) is 36.5 Å². The zero-order valence-electron chi connectivity index (χ0n) is 14.1. The molecule has 2 aromatic rings. The fourth-order valence-electron chi connectivity index (χ4n) is 3.79. The Kier molecular flexibility index (Phi) is 4.38. The Hall–Kier alpha value is -2.08. The minimum Gasteiger partial charge on any atom is -0.309 e. The molecule has 3 heterocycles. The van der Waals surface area contributed by atoms with E-state index in [1.54, 1.807) is 18.5 Å². The van der Waals surface area contributed by atoms with Crippen molar-refractivity contribution < 1.29 is 0 Å². The Morgan fingerprint density at radius 1 is 1.04 bits per heavy atom. The van der Waals surface area contributed by atoms with Crippen molar-refractivity contribution in [3.8, 4) is 0 Å². The topological polar surface area (TPSA) is 66.8 Å². The van der Waals surface area contributed by atoms with Gasteiger partial charge in [0.1, 0.15) is 11.6 Å². The van der Waals surface area contributed by atoms with Crippen LogP contribution >= 0.6 is 0 Å². The lowest BCUT2D eigenvalue weighted by Gasteiger charge is -2.45. The summed E-state index contributed by atoms with van der Waals surface area (Å²) in [6.45, 7) is 4.20. The van der Waals surface area contributed by atoms with Gasteiger partial charge in [-0.3, -0.25) is 4.90 Å². The van der Waals surface area contributed by atoms with Crippen LogP contribution in [0.15, 0.2) is 24.5 Å². The lowest BCUT2D eigenvalue weighted by molar-refractivity contribution is 0.0675. The van der Waals surface area contributed by atoms with Crippen LogP contribution in [-0.2, 0) is 0 Å². The molecule has 0 aromatic carbocycles. The number of anilines is 2. The molecule has 2 aliphatic rings. The van der Waals surface area contributed by atoms with Crippen LogP contribution in [0, 0.1) is 6.92 Å². The summed E-state index contributed by atoms with van der Waals surface area (Å²) in [5.74, 6) is 2.66. The Morgan fingerprint density at radius 3 is 2.54 bits per heavy atom. The average molecular weight is 324 g/mol. The third kappa shape index (κ3) is 3.38. The summed E-state index contributed by atoms with van der Waals surface area (Å²) < 4.78 is 0. The molecule has 4 rings (SSSR count). The van der Waals surface area contributed by atoms with E-state index in [1.165, 1.54) is 32.1 Å². The van der Waals surface area contributed by atoms with E-state index in [9.17, 15) is 0 Å². The van der Waals surface area contributed by atoms with Crippen LogP contribution in [0.25, 0.3) is 0 Å². The zero-order chi connectivity index (χ0) is 16.4. The van der Waals surface area contributed by atoms with Crippen molar-refractivity contribution in [1.29, 1.82) is 0 Å². The van der Waals surface area contributed by atoms with E-state index >= 15 is 0 Å². The highest BCUT2D eigenvalue weighted by molar-refractivity contribution is 5.48. The molecule has 0 bridgehead atoms. The van der Waals surface area contributed by atoms with Crippen molar-refractivity contribution in [2.45, 2.75) is 51.0 Å². The Labute approximate surface area is 142 Å². The Morgan fingerprint density at radius 2 is 1.79 bits per heavy atom. The summed E-state index contributed by atoms with van der Waals surface area (Å²) in [5, 5.41) is 3.18. The van der Waals surface area contributed by atoms with Gasteiger partial charge < -0.3 is 5.32 Å². The first-order chi connectivity index (χ1) is 11.8. The van der Waals surface area contributed by atoms with E-state index in [-0.39, 0.29) is 0 Å². The smallest absolute Gasteiger partial charge is 0.228 e. The van der Waals surface area contributed by atoms with E-state index in [4.69, 9.17) is 0 Å². The van der Waals surface area contributed by atoms with Gasteiger partial charge in [0.05, 0.1) is 5.69 Å². The molecule has 1 aliphatic heterocycles. The molecule has 24 heavy (non-hydrogen) atoms. The number of hydrogen-bond donors (Lipinski definition) is 1. The molecule has 1 saturated heterocycles. The number of aromatic nitrogens is 4. The zero-order valence-corrected chi connectivity index (χ0v) is 14.1. The van der Waals surface area contributed by atoms with Crippen molar-refractivity contribution in [1.82, 2.24) is 24.8 Å². The van der Waals surface area contributed by atoms with Gasteiger partial charge in [0.25, 0.3) is 0 Å². The third-order valence-electron chi connectivity index (χ3n) is 5.08. The maximum atomic E-state index is 4.66. The third-order valence-corrected chi connectivity index (χ3v) is 5.08. The molecule has 1 N–H and O–H groups in total. The van der Waals surface area contributed by atoms with Crippen LogP contribution in [0.1, 0.15) is 49.5 Å². The second-order valence-corrected chi connectivity index (χ2v) is 6.87. The first-order valence-electron chi connectivity index (χ1n) is 8.91. The van der Waals surface area contributed by atoms with Gasteiger partial charge in [0, 0.05) is 43.5 Å². The van der Waals surface area contributed by atoms with Crippen molar-refractivity contribution in [3.63, 3.8) is 0 Å². The van der Waals surface area contributed by atoms with Crippen molar-refractivity contribution in [2.24, 2.45) is 0 Å². The summed E-state index contributed by atoms with van der Waals surface area (Å²) in [4.78, 5) is 20.1. The van der Waals surface area contributed by atoms with Crippen molar-refractivity contribution >= 4 is 11.8 Å². The van der Waals surface area contributed by atoms with Gasteiger partial charge >= 0.3 is 0 Å². The lowest BCUT2D eigenvalue weighted by Crippen LogP contribution is -2.51. The lowest BCUT2D eigenvalue weighted by atomic mass is 9.87. The van der Waals surface area contributed by atoms with E-state index in [1.807, 2.05) is 13.0 Å². The van der Waals surface area contributed by atoms with Gasteiger partial charge in [0.15, 0.2) is 0 Å². The second kappa shape index (κ2) is 6.81. The number of nitrogens with zero attached hydrogens (tertiary/aromatic N) is 5. The quantitative estimate of drug-likeness (QED) is 0.932. The summed E-state index contributed by atoms with van der Waals surface area (Å²) in [6, 6.07) is 4.65. The van der Waals surface area contributed by atoms with Crippen molar-refractivity contribution in [3.05, 3.63) is 36.0 Å². The first kappa shape index (κ1) is 15.4. The SMILES string of the molecule is Cc1nc(Nc2ncccn2)cc(C2CN(C3CCCCC3)C2)n1. The van der Waals surface area contributed by atoms with Gasteiger partial charge in [-0.25, -0.2) is 19.9 Å². The molecular formula is C18H24N6. The van der Waals surface area contributed by atoms with Crippen molar-refractivity contribution in [2.75, 3.05) is 18.4 Å². The summed E-state index contributed by atoms with van der Waals surface area (Å²) >= 11 is 0. The van der Waals surface area contributed by atoms with Crippen LogP contribution in [0.5, 0.6) is 0 Å². The molecule has 126 valence electrons. The van der Waals surface area contributed by atoms with Crippen LogP contribution in [0.3, 0.4) is 0 Å². The molecule has 0 amide bonds. The molecule has 2 aromatic heterocycles. The molecule has 6 heteroatoms. The number of rotatable bonds is 4. The number of nitrogens with one attached hydrogen (secondary N) is 1.